The van der Waals surface area contributed by atoms with E-state index in [4.69, 9.17) is 9.84 Å². The molecule has 0 radical (unpaired) electrons. The number of thioether (sulfide) groups is 1. The zero-order valence-corrected chi connectivity index (χ0v) is 15.4. The summed E-state index contributed by atoms with van der Waals surface area (Å²) in [6.45, 7) is 2.09. The molecule has 2 aromatic carbocycles. The third-order valence-electron chi connectivity index (χ3n) is 3.95. The number of ether oxygens (including phenoxy) is 1. The third kappa shape index (κ3) is 4.08. The summed E-state index contributed by atoms with van der Waals surface area (Å²) >= 11 is 1.52. The number of anilines is 1. The molecule has 0 saturated heterocycles. The van der Waals surface area contributed by atoms with Crippen molar-refractivity contribution in [2.45, 2.75) is 24.8 Å². The predicted octanol–water partition coefficient (Wildman–Crippen LogP) is 3.87. The van der Waals surface area contributed by atoms with Crippen molar-refractivity contribution >= 4 is 29.2 Å². The number of carboxylic acids is 1. The first-order chi connectivity index (χ1) is 12.5. The maximum Gasteiger partial charge on any atom is 0.307 e. The highest BCUT2D eigenvalue weighted by Gasteiger charge is 2.26. The van der Waals surface area contributed by atoms with E-state index < -0.39 is 5.97 Å². The van der Waals surface area contributed by atoms with Crippen LogP contribution in [0.4, 0.5) is 5.69 Å². The summed E-state index contributed by atoms with van der Waals surface area (Å²) in [6, 6.07) is 13.4. The van der Waals surface area contributed by atoms with Gasteiger partial charge >= 0.3 is 5.97 Å². The molecule has 26 heavy (non-hydrogen) atoms. The van der Waals surface area contributed by atoms with E-state index >= 15 is 0 Å². The Morgan fingerprint density at radius 1 is 1.19 bits per heavy atom. The molecular formula is C20H19NO4S. The van der Waals surface area contributed by atoms with E-state index in [1.165, 1.54) is 18.7 Å². The molecule has 3 rings (SSSR count). The van der Waals surface area contributed by atoms with Crippen LogP contribution in [0.5, 0.6) is 5.75 Å². The van der Waals surface area contributed by atoms with Gasteiger partial charge in [-0.1, -0.05) is 30.0 Å². The maximum absolute atomic E-state index is 11.6. The van der Waals surface area contributed by atoms with Crippen LogP contribution in [-0.2, 0) is 22.6 Å². The van der Waals surface area contributed by atoms with Crippen molar-refractivity contribution in [1.82, 2.24) is 0 Å². The first kappa shape index (κ1) is 18.1. The fourth-order valence-corrected chi connectivity index (χ4v) is 3.96. The molecule has 2 aromatic rings. The smallest absolute Gasteiger partial charge is 0.307 e. The van der Waals surface area contributed by atoms with Crippen LogP contribution in [0.3, 0.4) is 0 Å². The fraction of sp³-hybridized carbons (Fsp3) is 0.200. The van der Waals surface area contributed by atoms with Crippen LogP contribution in [-0.4, -0.2) is 24.0 Å². The van der Waals surface area contributed by atoms with Gasteiger partial charge in [0.15, 0.2) is 5.78 Å². The van der Waals surface area contributed by atoms with E-state index in [0.717, 1.165) is 32.5 Å². The quantitative estimate of drug-likeness (QED) is 0.780. The Bertz CT molecular complexity index is 891. The van der Waals surface area contributed by atoms with Gasteiger partial charge in [0, 0.05) is 17.5 Å². The summed E-state index contributed by atoms with van der Waals surface area (Å²) in [5.41, 5.74) is 2.69. The lowest BCUT2D eigenvalue weighted by Gasteiger charge is -2.21. The number of allylic oxidation sites excluding steroid dienone is 1. The van der Waals surface area contributed by atoms with Crippen molar-refractivity contribution < 1.29 is 19.4 Å². The van der Waals surface area contributed by atoms with E-state index in [1.54, 1.807) is 13.2 Å². The van der Waals surface area contributed by atoms with Crippen LogP contribution in [0.25, 0.3) is 0 Å². The average Bonchev–Trinajstić information content (AvgIpc) is 2.91. The number of carbonyl (C=O) groups is 2. The Balaban J connectivity index is 1.98. The van der Waals surface area contributed by atoms with E-state index in [1.807, 2.05) is 47.4 Å². The fourth-order valence-electron chi connectivity index (χ4n) is 2.83. The van der Waals surface area contributed by atoms with Crippen molar-refractivity contribution in [1.29, 1.82) is 0 Å². The Kier molecular flexibility index (Phi) is 5.32. The van der Waals surface area contributed by atoms with Gasteiger partial charge in [0.2, 0.25) is 0 Å². The Labute approximate surface area is 156 Å². The van der Waals surface area contributed by atoms with Crippen molar-refractivity contribution in [2.75, 3.05) is 12.0 Å². The van der Waals surface area contributed by atoms with Crippen molar-refractivity contribution in [3.05, 3.63) is 64.7 Å². The number of fused-ring (bicyclic) bond motifs is 1. The number of ketones is 1. The average molecular weight is 369 g/mol. The van der Waals surface area contributed by atoms with Crippen molar-refractivity contribution in [3.63, 3.8) is 0 Å². The topological polar surface area (TPSA) is 66.8 Å². The number of carboxylic acid groups (broad SMARTS) is 1. The van der Waals surface area contributed by atoms with E-state index in [0.29, 0.717) is 6.54 Å². The number of hydrogen-bond donors (Lipinski definition) is 1. The summed E-state index contributed by atoms with van der Waals surface area (Å²) in [5, 5.41) is 9.89. The van der Waals surface area contributed by atoms with E-state index in [-0.39, 0.29) is 12.2 Å². The minimum absolute atomic E-state index is 0.0262. The number of nitrogens with zero attached hydrogens (tertiary/aromatic N) is 1. The second kappa shape index (κ2) is 7.66. The molecule has 1 N–H and O–H groups in total. The van der Waals surface area contributed by atoms with Crippen LogP contribution in [0.15, 0.2) is 58.5 Å². The largest absolute Gasteiger partial charge is 0.497 e. The van der Waals surface area contributed by atoms with Crippen LogP contribution in [0, 0.1) is 0 Å². The normalized spacial score (nSPS) is 14.4. The van der Waals surface area contributed by atoms with Gasteiger partial charge in [-0.2, -0.15) is 0 Å². The lowest BCUT2D eigenvalue weighted by atomic mass is 10.1. The first-order valence-electron chi connectivity index (χ1n) is 8.11. The van der Waals surface area contributed by atoms with E-state index in [2.05, 4.69) is 0 Å². The summed E-state index contributed by atoms with van der Waals surface area (Å²) in [5.74, 6) is -0.123. The van der Waals surface area contributed by atoms with Crippen LogP contribution in [0.2, 0.25) is 0 Å². The number of hydrogen-bond acceptors (Lipinski definition) is 5. The maximum atomic E-state index is 11.6. The van der Waals surface area contributed by atoms with Gasteiger partial charge in [-0.15, -0.1) is 0 Å². The second-order valence-electron chi connectivity index (χ2n) is 6.01. The number of rotatable bonds is 6. The van der Waals surface area contributed by atoms with Gasteiger partial charge in [0.1, 0.15) is 5.75 Å². The van der Waals surface area contributed by atoms with Crippen LogP contribution >= 0.6 is 11.8 Å². The first-order valence-corrected chi connectivity index (χ1v) is 8.93. The van der Waals surface area contributed by atoms with Gasteiger partial charge in [0.25, 0.3) is 0 Å². The number of methoxy groups -OCH3 is 1. The van der Waals surface area contributed by atoms with Gasteiger partial charge < -0.3 is 14.7 Å². The molecule has 0 saturated carbocycles. The molecule has 5 nitrogen and oxygen atoms in total. The van der Waals surface area contributed by atoms with Crippen LogP contribution in [0.1, 0.15) is 18.1 Å². The van der Waals surface area contributed by atoms with Gasteiger partial charge in [-0.05, 0) is 42.3 Å². The molecule has 6 heteroatoms. The predicted molar refractivity (Wildman–Crippen MR) is 102 cm³/mol. The highest BCUT2D eigenvalue weighted by atomic mass is 32.2. The summed E-state index contributed by atoms with van der Waals surface area (Å²) in [7, 11) is 1.62. The number of carbonyl (C=O) groups excluding carboxylic acids is 1. The number of benzene rings is 2. The Morgan fingerprint density at radius 2 is 2.00 bits per heavy atom. The standard InChI is InChI=1S/C20H19NO4S/c1-13(22)8-19-21(12-15-4-3-5-16(9-15)25-2)17-10-14(11-20(23)24)6-7-18(17)26-19/h3-10H,11-12H2,1-2H3,(H,23,24). The molecule has 0 spiro atoms. The molecule has 0 atom stereocenters. The molecule has 1 aliphatic rings. The molecule has 0 bridgehead atoms. The van der Waals surface area contributed by atoms with Crippen molar-refractivity contribution in [2.24, 2.45) is 0 Å². The van der Waals surface area contributed by atoms with Gasteiger partial charge in [-0.25, -0.2) is 0 Å². The minimum Gasteiger partial charge on any atom is -0.497 e. The molecule has 0 fully saturated rings. The summed E-state index contributed by atoms with van der Waals surface area (Å²) in [6.07, 6.45) is 1.58. The summed E-state index contributed by atoms with van der Waals surface area (Å²) < 4.78 is 5.29. The molecule has 1 aliphatic heterocycles. The van der Waals surface area contributed by atoms with Crippen molar-refractivity contribution in [3.8, 4) is 5.75 Å². The molecule has 0 aromatic heterocycles. The zero-order chi connectivity index (χ0) is 18.7. The lowest BCUT2D eigenvalue weighted by molar-refractivity contribution is -0.136. The molecule has 0 unspecified atom stereocenters. The SMILES string of the molecule is COc1cccc(CN2C(=CC(C)=O)Sc3ccc(CC(=O)O)cc32)c1. The summed E-state index contributed by atoms with van der Waals surface area (Å²) in [4.78, 5) is 25.7. The van der Waals surface area contributed by atoms with E-state index in [9.17, 15) is 9.59 Å². The second-order valence-corrected chi connectivity index (χ2v) is 7.07. The highest BCUT2D eigenvalue weighted by Crippen LogP contribution is 2.47. The Morgan fingerprint density at radius 3 is 2.69 bits per heavy atom. The molecule has 0 aliphatic carbocycles. The minimum atomic E-state index is -0.866. The zero-order valence-electron chi connectivity index (χ0n) is 14.6. The molecule has 134 valence electrons. The Hall–Kier alpha value is -2.73. The molecule has 1 heterocycles. The van der Waals surface area contributed by atoms with Crippen LogP contribution < -0.4 is 9.64 Å². The molecule has 0 amide bonds. The third-order valence-corrected chi connectivity index (χ3v) is 5.06. The highest BCUT2D eigenvalue weighted by molar-refractivity contribution is 8.03. The van der Waals surface area contributed by atoms with Gasteiger partial charge in [0.05, 0.1) is 24.2 Å². The monoisotopic (exact) mass is 369 g/mol. The number of aliphatic carboxylic acids is 1. The lowest BCUT2D eigenvalue weighted by Crippen LogP contribution is -2.18. The van der Waals surface area contributed by atoms with Gasteiger partial charge in [-0.3, -0.25) is 9.59 Å². The molecular weight excluding hydrogens is 350 g/mol.